The van der Waals surface area contributed by atoms with Crippen molar-refractivity contribution in [1.29, 1.82) is 0 Å². The molecule has 5 nitrogen and oxygen atoms in total. The van der Waals surface area contributed by atoms with Crippen LogP contribution < -0.4 is 4.90 Å². The maximum atomic E-state index is 12.3. The van der Waals surface area contributed by atoms with Gasteiger partial charge in [-0.1, -0.05) is 54.0 Å². The van der Waals surface area contributed by atoms with E-state index in [2.05, 4.69) is 30.0 Å². The molecule has 0 aliphatic carbocycles. The zero-order valence-corrected chi connectivity index (χ0v) is 15.4. The number of hydrogen-bond donors (Lipinski definition) is 1. The Hall–Kier alpha value is -1.51. The van der Waals surface area contributed by atoms with Gasteiger partial charge in [0.15, 0.2) is 0 Å². The van der Waals surface area contributed by atoms with Crippen LogP contribution in [0, 0.1) is 0 Å². The molecule has 0 spiro atoms. The third-order valence-corrected chi connectivity index (χ3v) is 6.53. The molecule has 1 N–H and O–H groups in total. The van der Waals surface area contributed by atoms with Gasteiger partial charge in [0.1, 0.15) is 10.9 Å². The maximum Gasteiger partial charge on any atom is 0.323 e. The minimum atomic E-state index is -1.05. The number of aliphatic carboxylic acids is 1. The fourth-order valence-corrected chi connectivity index (χ4v) is 5.29. The number of hydrogen-bond acceptors (Lipinski definition) is 6. The van der Waals surface area contributed by atoms with Crippen LogP contribution in [0.25, 0.3) is 0 Å². The first-order valence-corrected chi connectivity index (χ1v) is 9.60. The Kier molecular flexibility index (Phi) is 5.17. The highest BCUT2D eigenvalue weighted by molar-refractivity contribution is 8.24. The molecule has 1 amide bonds. The fraction of sp³-hybridized carbons (Fsp3) is 0.312. The van der Waals surface area contributed by atoms with E-state index in [1.54, 1.807) is 11.8 Å². The lowest BCUT2D eigenvalue weighted by atomic mass is 10.2. The van der Waals surface area contributed by atoms with Gasteiger partial charge in [0.25, 0.3) is 0 Å². The van der Waals surface area contributed by atoms with Crippen LogP contribution in [-0.4, -0.2) is 44.5 Å². The van der Waals surface area contributed by atoms with Crippen LogP contribution in [0.1, 0.15) is 13.3 Å². The molecular formula is C16H16N2O3S3. The number of thioether (sulfide) groups is 2. The molecule has 24 heavy (non-hydrogen) atoms. The van der Waals surface area contributed by atoms with E-state index in [4.69, 9.17) is 17.3 Å². The minimum Gasteiger partial charge on any atom is -0.480 e. The molecular weight excluding hydrogens is 364 g/mol. The molecule has 1 unspecified atom stereocenters. The summed E-state index contributed by atoms with van der Waals surface area (Å²) >= 11 is 8.10. The van der Waals surface area contributed by atoms with Gasteiger partial charge >= 0.3 is 5.97 Å². The van der Waals surface area contributed by atoms with E-state index >= 15 is 0 Å². The summed E-state index contributed by atoms with van der Waals surface area (Å²) in [7, 11) is 0. The van der Waals surface area contributed by atoms with Crippen molar-refractivity contribution < 1.29 is 14.7 Å². The average Bonchev–Trinajstić information content (AvgIpc) is 3.04. The van der Waals surface area contributed by atoms with Crippen molar-refractivity contribution in [1.82, 2.24) is 4.90 Å². The Morgan fingerprint density at radius 2 is 2.12 bits per heavy atom. The number of rotatable bonds is 5. The monoisotopic (exact) mass is 380 g/mol. The second kappa shape index (κ2) is 7.16. The Morgan fingerprint density at radius 3 is 2.83 bits per heavy atom. The highest BCUT2D eigenvalue weighted by Crippen LogP contribution is 2.46. The SMILES string of the molecule is CCN1/C(=C\CC2SC(=S)N(CC(=O)O)C2=O)Sc2ccccc21. The van der Waals surface area contributed by atoms with Crippen molar-refractivity contribution in [2.75, 3.05) is 18.0 Å². The van der Waals surface area contributed by atoms with Crippen LogP contribution in [0.15, 0.2) is 40.3 Å². The number of fused-ring (bicyclic) bond motifs is 1. The van der Waals surface area contributed by atoms with Crippen molar-refractivity contribution in [3.05, 3.63) is 35.4 Å². The van der Waals surface area contributed by atoms with E-state index in [1.807, 2.05) is 12.1 Å². The van der Waals surface area contributed by atoms with Gasteiger partial charge in [-0.25, -0.2) is 0 Å². The largest absolute Gasteiger partial charge is 0.480 e. The lowest BCUT2D eigenvalue weighted by molar-refractivity contribution is -0.141. The van der Waals surface area contributed by atoms with E-state index in [0.29, 0.717) is 10.7 Å². The molecule has 0 saturated carbocycles. The predicted molar refractivity (Wildman–Crippen MR) is 101 cm³/mol. The van der Waals surface area contributed by atoms with Gasteiger partial charge in [0.05, 0.1) is 16.0 Å². The number of carboxylic acid groups (broad SMARTS) is 1. The number of nitrogens with zero attached hydrogens (tertiary/aromatic N) is 2. The lowest BCUT2D eigenvalue weighted by Gasteiger charge is -2.18. The van der Waals surface area contributed by atoms with Crippen LogP contribution in [-0.2, 0) is 9.59 Å². The van der Waals surface area contributed by atoms with E-state index in [-0.39, 0.29) is 17.7 Å². The Morgan fingerprint density at radius 1 is 1.38 bits per heavy atom. The zero-order valence-electron chi connectivity index (χ0n) is 13.0. The normalized spacial score (nSPS) is 21.7. The van der Waals surface area contributed by atoms with E-state index in [1.165, 1.54) is 27.2 Å². The first-order chi connectivity index (χ1) is 11.5. The molecule has 2 aliphatic heterocycles. The summed E-state index contributed by atoms with van der Waals surface area (Å²) < 4.78 is 0.348. The molecule has 8 heteroatoms. The smallest absolute Gasteiger partial charge is 0.323 e. The molecule has 1 saturated heterocycles. The molecule has 1 fully saturated rings. The average molecular weight is 381 g/mol. The summed E-state index contributed by atoms with van der Waals surface area (Å²) in [6.45, 7) is 2.58. The first-order valence-electron chi connectivity index (χ1n) is 7.49. The number of allylic oxidation sites excluding steroid dienone is 1. The van der Waals surface area contributed by atoms with Crippen LogP contribution in [0.2, 0.25) is 0 Å². The number of anilines is 1. The van der Waals surface area contributed by atoms with E-state index in [0.717, 1.165) is 11.6 Å². The van der Waals surface area contributed by atoms with Gasteiger partial charge in [0, 0.05) is 11.4 Å². The molecule has 2 heterocycles. The second-order valence-electron chi connectivity index (χ2n) is 5.28. The molecule has 2 aliphatic rings. The third-order valence-electron chi connectivity index (χ3n) is 3.76. The van der Waals surface area contributed by atoms with Crippen molar-refractivity contribution in [2.45, 2.75) is 23.5 Å². The Labute approximate surface area is 154 Å². The number of thiocarbonyl (C=S) groups is 1. The van der Waals surface area contributed by atoms with Crippen LogP contribution >= 0.6 is 35.7 Å². The summed E-state index contributed by atoms with van der Waals surface area (Å²) in [5.74, 6) is -1.27. The van der Waals surface area contributed by atoms with Gasteiger partial charge < -0.3 is 10.0 Å². The summed E-state index contributed by atoms with van der Waals surface area (Å²) in [5, 5.41) is 9.65. The van der Waals surface area contributed by atoms with Crippen molar-refractivity contribution >= 4 is 57.6 Å². The molecule has 1 aromatic rings. The first kappa shape index (κ1) is 17.3. The van der Waals surface area contributed by atoms with Crippen LogP contribution in [0.5, 0.6) is 0 Å². The topological polar surface area (TPSA) is 60.9 Å². The molecule has 1 atom stereocenters. The highest BCUT2D eigenvalue weighted by Gasteiger charge is 2.37. The van der Waals surface area contributed by atoms with Crippen molar-refractivity contribution in [3.8, 4) is 0 Å². The standard InChI is InChI=1S/C16H16N2O3S3/c1-2-17-10-5-3-4-6-11(10)23-13(17)8-7-12-15(21)18(9-14(19)20)16(22)24-12/h3-6,8,12H,2,7,9H2,1H3,(H,19,20)/b13-8+. The van der Waals surface area contributed by atoms with Gasteiger partial charge in [-0.15, -0.1) is 0 Å². The molecule has 0 radical (unpaired) electrons. The number of carbonyl (C=O) groups is 2. The number of carboxylic acids is 1. The van der Waals surface area contributed by atoms with Gasteiger partial charge in [-0.2, -0.15) is 0 Å². The maximum absolute atomic E-state index is 12.3. The summed E-state index contributed by atoms with van der Waals surface area (Å²) in [5.41, 5.74) is 1.18. The fourth-order valence-electron chi connectivity index (χ4n) is 2.66. The summed E-state index contributed by atoms with van der Waals surface area (Å²) in [6.07, 6.45) is 2.59. The molecule has 0 bridgehead atoms. The number of para-hydroxylation sites is 1. The second-order valence-corrected chi connectivity index (χ2v) is 8.18. The molecule has 0 aromatic heterocycles. The number of amides is 1. The van der Waals surface area contributed by atoms with Crippen LogP contribution in [0.4, 0.5) is 5.69 Å². The molecule has 3 rings (SSSR count). The quantitative estimate of drug-likeness (QED) is 0.787. The molecule has 126 valence electrons. The summed E-state index contributed by atoms with van der Waals surface area (Å²) in [4.78, 5) is 27.8. The number of benzene rings is 1. The highest BCUT2D eigenvalue weighted by atomic mass is 32.2. The predicted octanol–water partition coefficient (Wildman–Crippen LogP) is 3.16. The van der Waals surface area contributed by atoms with Gasteiger partial charge in [-0.05, 0) is 25.5 Å². The lowest BCUT2D eigenvalue weighted by Crippen LogP contribution is -2.35. The van der Waals surface area contributed by atoms with Crippen LogP contribution in [0.3, 0.4) is 0 Å². The van der Waals surface area contributed by atoms with Gasteiger partial charge in [0.2, 0.25) is 5.91 Å². The minimum absolute atomic E-state index is 0.215. The van der Waals surface area contributed by atoms with Crippen molar-refractivity contribution in [2.24, 2.45) is 0 Å². The van der Waals surface area contributed by atoms with Gasteiger partial charge in [-0.3, -0.25) is 14.5 Å². The zero-order chi connectivity index (χ0) is 17.3. The van der Waals surface area contributed by atoms with E-state index < -0.39 is 5.97 Å². The van der Waals surface area contributed by atoms with Crippen molar-refractivity contribution in [3.63, 3.8) is 0 Å². The third kappa shape index (κ3) is 3.31. The summed E-state index contributed by atoms with van der Waals surface area (Å²) in [6, 6.07) is 8.21. The number of carbonyl (C=O) groups excluding carboxylic acids is 1. The Balaban J connectivity index is 1.72. The Bertz CT molecular complexity index is 735. The molecule has 1 aromatic carbocycles. The van der Waals surface area contributed by atoms with E-state index in [9.17, 15) is 9.59 Å².